The minimum absolute atomic E-state index is 0.00630. The van der Waals surface area contributed by atoms with Crippen LogP contribution in [0.2, 0.25) is 0 Å². The summed E-state index contributed by atoms with van der Waals surface area (Å²) >= 11 is 0. The van der Waals surface area contributed by atoms with Gasteiger partial charge in [-0.1, -0.05) is 19.1 Å². The van der Waals surface area contributed by atoms with E-state index in [4.69, 9.17) is 4.74 Å². The number of aliphatic hydroxyl groups is 2. The lowest BCUT2D eigenvalue weighted by atomic mass is 10.2. The summed E-state index contributed by atoms with van der Waals surface area (Å²) in [4.78, 5) is 30.9. The number of fused-ring (bicyclic) bond motifs is 1. The van der Waals surface area contributed by atoms with Crippen molar-refractivity contribution in [3.8, 4) is 5.75 Å². The van der Waals surface area contributed by atoms with Crippen LogP contribution in [0, 0.1) is 0 Å². The molecule has 10 heteroatoms. The molecule has 10 nitrogen and oxygen atoms in total. The van der Waals surface area contributed by atoms with Crippen LogP contribution < -0.4 is 21.3 Å². The smallest absolute Gasteiger partial charge is 0.329 e. The number of anilines is 1. The molecule has 0 fully saturated rings. The third-order valence-electron chi connectivity index (χ3n) is 4.71. The molecular formula is C20H27N5O5. The van der Waals surface area contributed by atoms with E-state index in [1.54, 1.807) is 6.92 Å². The minimum Gasteiger partial charge on any atom is -0.491 e. The Labute approximate surface area is 172 Å². The second-order valence-corrected chi connectivity index (χ2v) is 7.23. The van der Waals surface area contributed by atoms with Gasteiger partial charge in [0.05, 0.1) is 12.6 Å². The molecule has 0 bridgehead atoms. The number of ether oxygens (including phenoxy) is 1. The van der Waals surface area contributed by atoms with E-state index < -0.39 is 23.5 Å². The highest BCUT2D eigenvalue weighted by atomic mass is 16.5. The first kappa shape index (κ1) is 21.6. The second kappa shape index (κ2) is 9.14. The molecule has 0 aliphatic rings. The van der Waals surface area contributed by atoms with Crippen molar-refractivity contribution in [3.05, 3.63) is 50.7 Å². The minimum atomic E-state index is -0.948. The molecule has 0 aliphatic carbocycles. The summed E-state index contributed by atoms with van der Waals surface area (Å²) in [5, 5.41) is 23.1. The maximum atomic E-state index is 12.4. The second-order valence-electron chi connectivity index (χ2n) is 7.23. The van der Waals surface area contributed by atoms with Gasteiger partial charge in [0, 0.05) is 13.6 Å². The van der Waals surface area contributed by atoms with Gasteiger partial charge in [-0.25, -0.2) is 4.79 Å². The van der Waals surface area contributed by atoms with Gasteiger partial charge in [0.1, 0.15) is 18.5 Å². The first-order valence-electron chi connectivity index (χ1n) is 9.81. The van der Waals surface area contributed by atoms with Gasteiger partial charge in [0.15, 0.2) is 11.2 Å². The molecule has 1 aromatic carbocycles. The Kier molecular flexibility index (Phi) is 6.58. The first-order valence-corrected chi connectivity index (χ1v) is 9.81. The molecule has 0 radical (unpaired) electrons. The number of H-pyrrole nitrogens is 1. The predicted octanol–water partition coefficient (Wildman–Crippen LogP) is 0.218. The fraction of sp³-hybridized carbons (Fsp3) is 0.450. The number of aromatic nitrogens is 4. The normalized spacial score (nSPS) is 13.4. The molecule has 0 spiro atoms. The van der Waals surface area contributed by atoms with E-state index >= 15 is 0 Å². The molecule has 0 saturated heterocycles. The van der Waals surface area contributed by atoms with E-state index in [1.165, 1.54) is 16.2 Å². The topological polar surface area (TPSA) is 134 Å². The average molecular weight is 417 g/mol. The standard InChI is InChI=1S/C20H27N5O5/c1-4-13-6-5-7-15(8-13)30-11-14(27)10-25-16-17(22-19(25)21-9-12(2)26)24(3)20(29)23-18(16)28/h5-8,12,14,26-27H,4,9-11H2,1-3H3,(H,21,22)(H,23,28,29)/t12-,14-/m0/s1. The van der Waals surface area contributed by atoms with Crippen molar-refractivity contribution in [1.29, 1.82) is 0 Å². The van der Waals surface area contributed by atoms with Crippen LogP contribution in [-0.4, -0.2) is 54.7 Å². The summed E-state index contributed by atoms with van der Waals surface area (Å²) in [5.74, 6) is 0.918. The third-order valence-corrected chi connectivity index (χ3v) is 4.71. The molecule has 2 atom stereocenters. The van der Waals surface area contributed by atoms with Crippen LogP contribution >= 0.6 is 0 Å². The van der Waals surface area contributed by atoms with Gasteiger partial charge in [-0.15, -0.1) is 0 Å². The van der Waals surface area contributed by atoms with Gasteiger partial charge in [-0.05, 0) is 31.0 Å². The number of rotatable bonds is 9. The summed E-state index contributed by atoms with van der Waals surface area (Å²) in [6.45, 7) is 3.85. The van der Waals surface area contributed by atoms with Gasteiger partial charge < -0.3 is 24.8 Å². The van der Waals surface area contributed by atoms with Crippen molar-refractivity contribution in [1.82, 2.24) is 19.1 Å². The summed E-state index contributed by atoms with van der Waals surface area (Å²) in [7, 11) is 1.50. The number of nitrogens with one attached hydrogen (secondary N) is 2. The Morgan fingerprint density at radius 2 is 2.07 bits per heavy atom. The van der Waals surface area contributed by atoms with Crippen LogP contribution in [0.4, 0.5) is 5.95 Å². The number of hydrogen-bond acceptors (Lipinski definition) is 7. The molecular weight excluding hydrogens is 390 g/mol. The largest absolute Gasteiger partial charge is 0.491 e. The number of imidazole rings is 1. The number of hydrogen-bond donors (Lipinski definition) is 4. The summed E-state index contributed by atoms with van der Waals surface area (Å²) in [6, 6.07) is 7.61. The van der Waals surface area contributed by atoms with Crippen molar-refractivity contribution in [3.63, 3.8) is 0 Å². The number of aliphatic hydroxyl groups excluding tert-OH is 2. The van der Waals surface area contributed by atoms with Gasteiger partial charge in [-0.3, -0.25) is 14.3 Å². The van der Waals surface area contributed by atoms with E-state index in [1.807, 2.05) is 31.2 Å². The fourth-order valence-corrected chi connectivity index (χ4v) is 3.10. The quantitative estimate of drug-likeness (QED) is 0.391. The molecule has 4 N–H and O–H groups in total. The molecule has 0 unspecified atom stereocenters. The lowest BCUT2D eigenvalue weighted by molar-refractivity contribution is 0.0937. The molecule has 0 saturated carbocycles. The molecule has 3 rings (SSSR count). The Bertz CT molecular complexity index is 1130. The van der Waals surface area contributed by atoms with Gasteiger partial charge in [0.25, 0.3) is 5.56 Å². The maximum absolute atomic E-state index is 12.4. The highest BCUT2D eigenvalue weighted by molar-refractivity contribution is 5.74. The molecule has 0 aliphatic heterocycles. The van der Waals surface area contributed by atoms with Crippen LogP contribution in [0.1, 0.15) is 19.4 Å². The van der Waals surface area contributed by atoms with E-state index in [-0.39, 0.29) is 36.8 Å². The maximum Gasteiger partial charge on any atom is 0.329 e. The van der Waals surface area contributed by atoms with Crippen LogP contribution in [0.5, 0.6) is 5.75 Å². The fourth-order valence-electron chi connectivity index (χ4n) is 3.10. The molecule has 3 aromatic rings. The van der Waals surface area contributed by atoms with Crippen LogP contribution in [0.3, 0.4) is 0 Å². The Hall–Kier alpha value is -3.11. The van der Waals surface area contributed by atoms with E-state index in [0.717, 1.165) is 12.0 Å². The zero-order valence-corrected chi connectivity index (χ0v) is 17.3. The van der Waals surface area contributed by atoms with Crippen LogP contribution in [-0.2, 0) is 20.0 Å². The number of nitrogens with zero attached hydrogens (tertiary/aromatic N) is 3. The predicted molar refractivity (Wildman–Crippen MR) is 113 cm³/mol. The van der Waals surface area contributed by atoms with Crippen molar-refractivity contribution in [2.24, 2.45) is 7.05 Å². The van der Waals surface area contributed by atoms with Crippen LogP contribution in [0.25, 0.3) is 11.2 Å². The monoisotopic (exact) mass is 417 g/mol. The van der Waals surface area contributed by atoms with Gasteiger partial charge in [-0.2, -0.15) is 4.98 Å². The molecule has 30 heavy (non-hydrogen) atoms. The summed E-state index contributed by atoms with van der Waals surface area (Å²) < 4.78 is 8.41. The third kappa shape index (κ3) is 4.71. The number of benzene rings is 1. The van der Waals surface area contributed by atoms with Gasteiger partial charge in [0.2, 0.25) is 5.95 Å². The highest BCUT2D eigenvalue weighted by Crippen LogP contribution is 2.17. The van der Waals surface area contributed by atoms with Gasteiger partial charge >= 0.3 is 5.69 Å². The highest BCUT2D eigenvalue weighted by Gasteiger charge is 2.20. The zero-order valence-electron chi connectivity index (χ0n) is 17.3. The zero-order chi connectivity index (χ0) is 21.8. The van der Waals surface area contributed by atoms with Crippen LogP contribution in [0.15, 0.2) is 33.9 Å². The van der Waals surface area contributed by atoms with E-state index in [9.17, 15) is 19.8 Å². The number of aryl methyl sites for hydroxylation is 2. The van der Waals surface area contributed by atoms with Crippen molar-refractivity contribution in [2.75, 3.05) is 18.5 Å². The molecule has 0 amide bonds. The summed E-state index contributed by atoms with van der Waals surface area (Å²) in [6.07, 6.45) is -0.725. The van der Waals surface area contributed by atoms with E-state index in [2.05, 4.69) is 15.3 Å². The molecule has 2 aromatic heterocycles. The Balaban J connectivity index is 1.87. The van der Waals surface area contributed by atoms with Crippen molar-refractivity contribution in [2.45, 2.75) is 39.0 Å². The molecule has 2 heterocycles. The Morgan fingerprint density at radius 1 is 1.30 bits per heavy atom. The average Bonchev–Trinajstić information content (AvgIpc) is 3.08. The number of aromatic amines is 1. The lowest BCUT2D eigenvalue weighted by Crippen LogP contribution is -2.31. The first-order chi connectivity index (χ1) is 14.3. The van der Waals surface area contributed by atoms with E-state index in [0.29, 0.717) is 5.75 Å². The summed E-state index contributed by atoms with van der Waals surface area (Å²) in [5.41, 5.74) is 0.269. The van der Waals surface area contributed by atoms with Crippen molar-refractivity contribution >= 4 is 17.1 Å². The van der Waals surface area contributed by atoms with Crippen molar-refractivity contribution < 1.29 is 14.9 Å². The Morgan fingerprint density at radius 3 is 2.77 bits per heavy atom. The SMILES string of the molecule is CCc1cccc(OC[C@@H](O)Cn2c(NC[C@H](C)O)nc3c2c(=O)[nH]c(=O)n3C)c1. The lowest BCUT2D eigenvalue weighted by Gasteiger charge is -2.16. The molecule has 162 valence electrons.